The summed E-state index contributed by atoms with van der Waals surface area (Å²) < 4.78 is 0. The highest BCUT2D eigenvalue weighted by atomic mass is 16.4. The molecule has 2 aliphatic carbocycles. The predicted molar refractivity (Wildman–Crippen MR) is 84.1 cm³/mol. The van der Waals surface area contributed by atoms with Crippen LogP contribution in [0.2, 0.25) is 0 Å². The molecule has 3 aliphatic rings. The molecule has 1 saturated heterocycles. The number of carbonyl (C=O) groups excluding carboxylic acids is 2. The second-order valence-corrected chi connectivity index (χ2v) is 6.47. The van der Waals surface area contributed by atoms with Crippen LogP contribution in [0.5, 0.6) is 0 Å². The van der Waals surface area contributed by atoms with E-state index in [-0.39, 0.29) is 47.7 Å². The van der Waals surface area contributed by atoms with Crippen LogP contribution in [-0.2, 0) is 9.59 Å². The van der Waals surface area contributed by atoms with Crippen molar-refractivity contribution in [2.24, 2.45) is 23.7 Å². The molecule has 0 aromatic carbocycles. The largest absolute Gasteiger partial charge is 0.477 e. The first kappa shape index (κ1) is 14.9. The SMILES string of the molecule is O=C(O)c1cccc(NCCN2C(=O)C3C4C=CC(C4)C3C2=O)n1. The van der Waals surface area contributed by atoms with Gasteiger partial charge >= 0.3 is 5.97 Å². The molecule has 2 amide bonds. The van der Waals surface area contributed by atoms with Crippen LogP contribution in [0.15, 0.2) is 30.4 Å². The molecule has 7 nitrogen and oxygen atoms in total. The van der Waals surface area contributed by atoms with Crippen molar-refractivity contribution in [2.75, 3.05) is 18.4 Å². The molecule has 2 heterocycles. The molecule has 2 bridgehead atoms. The molecule has 0 radical (unpaired) electrons. The Hall–Kier alpha value is -2.70. The minimum absolute atomic E-state index is 0.0505. The summed E-state index contributed by atoms with van der Waals surface area (Å²) in [6, 6.07) is 4.66. The number of amides is 2. The number of likely N-dealkylation sites (tertiary alicyclic amines) is 1. The van der Waals surface area contributed by atoms with E-state index in [1.54, 1.807) is 12.1 Å². The normalized spacial score (nSPS) is 30.1. The molecular formula is C17H17N3O4. The van der Waals surface area contributed by atoms with Gasteiger partial charge in [0.05, 0.1) is 11.8 Å². The summed E-state index contributed by atoms with van der Waals surface area (Å²) in [5.41, 5.74) is -0.0505. The zero-order chi connectivity index (χ0) is 16.8. The number of nitrogens with zero attached hydrogens (tertiary/aromatic N) is 2. The lowest BCUT2D eigenvalue weighted by Crippen LogP contribution is -2.36. The molecule has 4 rings (SSSR count). The van der Waals surface area contributed by atoms with Crippen molar-refractivity contribution in [2.45, 2.75) is 6.42 Å². The van der Waals surface area contributed by atoms with E-state index >= 15 is 0 Å². The van der Waals surface area contributed by atoms with Crippen LogP contribution >= 0.6 is 0 Å². The van der Waals surface area contributed by atoms with Crippen molar-refractivity contribution in [1.82, 2.24) is 9.88 Å². The molecule has 2 N–H and O–H groups in total. The number of carboxylic acids is 1. The standard InChI is InChI=1S/C17H17N3O4/c21-15-13-9-4-5-10(8-9)14(13)16(22)20(15)7-6-18-12-3-1-2-11(19-12)17(23)24/h1-5,9-10,13-14H,6-8H2,(H,18,19)(H,23,24). The van der Waals surface area contributed by atoms with Crippen molar-refractivity contribution < 1.29 is 19.5 Å². The van der Waals surface area contributed by atoms with E-state index in [2.05, 4.69) is 22.5 Å². The molecular weight excluding hydrogens is 310 g/mol. The van der Waals surface area contributed by atoms with E-state index in [0.29, 0.717) is 12.4 Å². The summed E-state index contributed by atoms with van der Waals surface area (Å²) in [5.74, 6) is -0.768. The lowest BCUT2D eigenvalue weighted by atomic mass is 9.85. The van der Waals surface area contributed by atoms with Gasteiger partial charge < -0.3 is 10.4 Å². The zero-order valence-electron chi connectivity index (χ0n) is 12.9. The lowest BCUT2D eigenvalue weighted by molar-refractivity contribution is -0.140. The van der Waals surface area contributed by atoms with Crippen LogP contribution in [0, 0.1) is 23.7 Å². The number of hydrogen-bond acceptors (Lipinski definition) is 5. The number of anilines is 1. The molecule has 2 fully saturated rings. The first-order chi connectivity index (χ1) is 11.6. The monoisotopic (exact) mass is 327 g/mol. The first-order valence-electron chi connectivity index (χ1n) is 8.04. The Kier molecular flexibility index (Phi) is 3.37. The smallest absolute Gasteiger partial charge is 0.354 e. The van der Waals surface area contributed by atoms with E-state index in [9.17, 15) is 14.4 Å². The topological polar surface area (TPSA) is 99.6 Å². The Bertz CT molecular complexity index is 730. The van der Waals surface area contributed by atoms with Crippen LogP contribution < -0.4 is 5.32 Å². The van der Waals surface area contributed by atoms with Crippen LogP contribution in [0.3, 0.4) is 0 Å². The maximum absolute atomic E-state index is 12.5. The summed E-state index contributed by atoms with van der Waals surface area (Å²) >= 11 is 0. The molecule has 1 aliphatic heterocycles. The predicted octanol–water partition coefficient (Wildman–Crippen LogP) is 0.999. The summed E-state index contributed by atoms with van der Waals surface area (Å²) in [4.78, 5) is 41.3. The number of aromatic nitrogens is 1. The van der Waals surface area contributed by atoms with E-state index in [4.69, 9.17) is 5.11 Å². The van der Waals surface area contributed by atoms with Gasteiger partial charge in [-0.3, -0.25) is 14.5 Å². The molecule has 4 atom stereocenters. The van der Waals surface area contributed by atoms with Gasteiger partial charge in [0, 0.05) is 13.1 Å². The molecule has 0 spiro atoms. The molecule has 1 aromatic heterocycles. The van der Waals surface area contributed by atoms with Gasteiger partial charge in [-0.15, -0.1) is 0 Å². The highest BCUT2D eigenvalue weighted by Gasteiger charge is 2.58. The minimum atomic E-state index is -1.10. The lowest BCUT2D eigenvalue weighted by Gasteiger charge is -2.17. The van der Waals surface area contributed by atoms with Gasteiger partial charge in [0.2, 0.25) is 11.8 Å². The fraction of sp³-hybridized carbons (Fsp3) is 0.412. The highest BCUT2D eigenvalue weighted by Crippen LogP contribution is 2.52. The molecule has 124 valence electrons. The van der Waals surface area contributed by atoms with Crippen LogP contribution in [-0.4, -0.2) is 45.9 Å². The molecule has 1 aromatic rings. The average molecular weight is 327 g/mol. The van der Waals surface area contributed by atoms with Crippen LogP contribution in [0.25, 0.3) is 0 Å². The Morgan fingerprint density at radius 3 is 2.50 bits per heavy atom. The molecule has 4 unspecified atom stereocenters. The maximum Gasteiger partial charge on any atom is 0.354 e. The van der Waals surface area contributed by atoms with Crippen molar-refractivity contribution in [1.29, 1.82) is 0 Å². The van der Waals surface area contributed by atoms with E-state index in [1.807, 2.05) is 0 Å². The van der Waals surface area contributed by atoms with E-state index in [0.717, 1.165) is 6.42 Å². The third kappa shape index (κ3) is 2.19. The molecule has 24 heavy (non-hydrogen) atoms. The fourth-order valence-corrected chi connectivity index (χ4v) is 4.13. The van der Waals surface area contributed by atoms with Gasteiger partial charge in [-0.1, -0.05) is 18.2 Å². The summed E-state index contributed by atoms with van der Waals surface area (Å²) in [7, 11) is 0. The van der Waals surface area contributed by atoms with Gasteiger partial charge in [0.25, 0.3) is 0 Å². The van der Waals surface area contributed by atoms with Crippen LogP contribution in [0.4, 0.5) is 5.82 Å². The van der Waals surface area contributed by atoms with Crippen molar-refractivity contribution in [3.05, 3.63) is 36.0 Å². The quantitative estimate of drug-likeness (QED) is 0.618. The average Bonchev–Trinajstić information content (AvgIpc) is 3.24. The number of fused-ring (bicyclic) bond motifs is 5. The summed E-state index contributed by atoms with van der Waals surface area (Å²) in [5, 5.41) is 11.9. The zero-order valence-corrected chi connectivity index (χ0v) is 12.9. The number of pyridine rings is 1. The minimum Gasteiger partial charge on any atom is -0.477 e. The number of rotatable bonds is 5. The number of allylic oxidation sites excluding steroid dienone is 2. The molecule has 1 saturated carbocycles. The van der Waals surface area contributed by atoms with Crippen molar-refractivity contribution in [3.63, 3.8) is 0 Å². The summed E-state index contributed by atoms with van der Waals surface area (Å²) in [6.07, 6.45) is 5.06. The van der Waals surface area contributed by atoms with Crippen molar-refractivity contribution >= 4 is 23.6 Å². The second-order valence-electron chi connectivity index (χ2n) is 6.47. The van der Waals surface area contributed by atoms with Gasteiger partial charge in [-0.05, 0) is 30.4 Å². The number of carbonyl (C=O) groups is 3. The highest BCUT2D eigenvalue weighted by molar-refractivity contribution is 6.06. The fourth-order valence-electron chi connectivity index (χ4n) is 4.13. The van der Waals surface area contributed by atoms with Gasteiger partial charge in [0.15, 0.2) is 5.69 Å². The number of aromatic carboxylic acids is 1. The van der Waals surface area contributed by atoms with Crippen LogP contribution in [0.1, 0.15) is 16.9 Å². The number of nitrogens with one attached hydrogen (secondary N) is 1. The second kappa shape index (κ2) is 5.43. The number of hydrogen-bond donors (Lipinski definition) is 2. The Balaban J connectivity index is 1.39. The van der Waals surface area contributed by atoms with E-state index in [1.165, 1.54) is 11.0 Å². The Morgan fingerprint density at radius 2 is 1.88 bits per heavy atom. The van der Waals surface area contributed by atoms with Gasteiger partial charge in [-0.2, -0.15) is 0 Å². The van der Waals surface area contributed by atoms with E-state index < -0.39 is 5.97 Å². The third-order valence-corrected chi connectivity index (χ3v) is 5.17. The first-order valence-corrected chi connectivity index (χ1v) is 8.04. The molecule has 7 heteroatoms. The number of carboxylic acid groups (broad SMARTS) is 1. The third-order valence-electron chi connectivity index (χ3n) is 5.17. The number of imide groups is 1. The van der Waals surface area contributed by atoms with Gasteiger partial charge in [-0.25, -0.2) is 9.78 Å². The van der Waals surface area contributed by atoms with Crippen molar-refractivity contribution in [3.8, 4) is 0 Å². The summed E-state index contributed by atoms with van der Waals surface area (Å²) in [6.45, 7) is 0.610. The Morgan fingerprint density at radius 1 is 1.21 bits per heavy atom. The van der Waals surface area contributed by atoms with Gasteiger partial charge in [0.1, 0.15) is 5.82 Å². The Labute approximate surface area is 138 Å². The maximum atomic E-state index is 12.5.